The maximum Gasteiger partial charge on any atom is 0.328 e. The Morgan fingerprint density at radius 2 is 1.58 bits per heavy atom. The van der Waals surface area contributed by atoms with Crippen LogP contribution in [0.3, 0.4) is 0 Å². The van der Waals surface area contributed by atoms with Gasteiger partial charge in [-0.1, -0.05) is 61.5 Å². The summed E-state index contributed by atoms with van der Waals surface area (Å²) < 4.78 is 0. The number of nitrogens with zero attached hydrogens (tertiary/aromatic N) is 1. The minimum Gasteiger partial charge on any atom is -0.478 e. The van der Waals surface area contributed by atoms with Crippen molar-refractivity contribution < 1.29 is 19.8 Å². The first-order valence-corrected chi connectivity index (χ1v) is 8.53. The highest BCUT2D eigenvalue weighted by Crippen LogP contribution is 2.34. The van der Waals surface area contributed by atoms with Crippen LogP contribution in [0.5, 0.6) is 0 Å². The van der Waals surface area contributed by atoms with Crippen molar-refractivity contribution in [2.45, 2.75) is 19.4 Å². The maximum atomic E-state index is 9.55. The van der Waals surface area contributed by atoms with E-state index < -0.39 is 11.9 Å². The zero-order chi connectivity index (χ0) is 18.9. The fourth-order valence-electron chi connectivity index (χ4n) is 3.13. The SMILES string of the molecule is CCN1CCc2ccccc2C1c1ccccc1.O=C(O)/C=C\C(=O)O. The second kappa shape index (κ2) is 9.53. The first-order chi connectivity index (χ1) is 12.5. The number of aliphatic carboxylic acids is 2. The quantitative estimate of drug-likeness (QED) is 0.824. The Kier molecular flexibility index (Phi) is 7.12. The van der Waals surface area contributed by atoms with Gasteiger partial charge in [0.05, 0.1) is 6.04 Å². The third-order valence-corrected chi connectivity index (χ3v) is 4.27. The zero-order valence-electron chi connectivity index (χ0n) is 14.7. The number of fused-ring (bicyclic) bond motifs is 1. The van der Waals surface area contributed by atoms with Gasteiger partial charge in [0.25, 0.3) is 0 Å². The summed E-state index contributed by atoms with van der Waals surface area (Å²) in [7, 11) is 0. The molecule has 1 aliphatic rings. The van der Waals surface area contributed by atoms with E-state index in [-0.39, 0.29) is 0 Å². The monoisotopic (exact) mass is 353 g/mol. The topological polar surface area (TPSA) is 77.8 Å². The molecule has 2 aromatic carbocycles. The Bertz CT molecular complexity index is 755. The van der Waals surface area contributed by atoms with Crippen molar-refractivity contribution in [1.29, 1.82) is 0 Å². The van der Waals surface area contributed by atoms with Gasteiger partial charge in [0.15, 0.2) is 0 Å². The van der Waals surface area contributed by atoms with Crippen LogP contribution in [0.2, 0.25) is 0 Å². The fraction of sp³-hybridized carbons (Fsp3) is 0.238. The first-order valence-electron chi connectivity index (χ1n) is 8.53. The fourth-order valence-corrected chi connectivity index (χ4v) is 3.13. The summed E-state index contributed by atoms with van der Waals surface area (Å²) in [5.74, 6) is -2.51. The van der Waals surface area contributed by atoms with Gasteiger partial charge in [-0.25, -0.2) is 9.59 Å². The first kappa shape index (κ1) is 19.4. The lowest BCUT2D eigenvalue weighted by molar-refractivity contribution is -0.134. The molecule has 0 bridgehead atoms. The summed E-state index contributed by atoms with van der Waals surface area (Å²) in [6, 6.07) is 20.2. The van der Waals surface area contributed by atoms with Crippen molar-refractivity contribution in [2.75, 3.05) is 13.1 Å². The highest BCUT2D eigenvalue weighted by Gasteiger charge is 2.26. The predicted octanol–water partition coefficient (Wildman–Crippen LogP) is 3.37. The van der Waals surface area contributed by atoms with Gasteiger partial charge in [-0.05, 0) is 29.7 Å². The number of hydrogen-bond acceptors (Lipinski definition) is 3. The van der Waals surface area contributed by atoms with E-state index >= 15 is 0 Å². The Morgan fingerprint density at radius 3 is 2.15 bits per heavy atom. The van der Waals surface area contributed by atoms with Crippen LogP contribution in [0.15, 0.2) is 66.7 Å². The molecule has 0 spiro atoms. The van der Waals surface area contributed by atoms with Crippen LogP contribution in [-0.2, 0) is 16.0 Å². The van der Waals surface area contributed by atoms with Crippen LogP contribution in [0.4, 0.5) is 0 Å². The molecule has 0 saturated carbocycles. The Morgan fingerprint density at radius 1 is 1.00 bits per heavy atom. The van der Waals surface area contributed by atoms with Crippen molar-refractivity contribution in [3.63, 3.8) is 0 Å². The van der Waals surface area contributed by atoms with Gasteiger partial charge in [-0.15, -0.1) is 0 Å². The van der Waals surface area contributed by atoms with Gasteiger partial charge in [0.1, 0.15) is 0 Å². The molecule has 0 aromatic heterocycles. The highest BCUT2D eigenvalue weighted by molar-refractivity contribution is 5.89. The van der Waals surface area contributed by atoms with Gasteiger partial charge in [-0.2, -0.15) is 0 Å². The number of hydrogen-bond donors (Lipinski definition) is 2. The molecule has 1 aliphatic heterocycles. The molecule has 1 atom stereocenters. The average molecular weight is 353 g/mol. The van der Waals surface area contributed by atoms with Crippen molar-refractivity contribution >= 4 is 11.9 Å². The van der Waals surface area contributed by atoms with E-state index in [2.05, 4.69) is 66.4 Å². The van der Waals surface area contributed by atoms with Gasteiger partial charge < -0.3 is 10.2 Å². The molecule has 0 aliphatic carbocycles. The van der Waals surface area contributed by atoms with Crippen molar-refractivity contribution in [1.82, 2.24) is 4.90 Å². The molecule has 1 unspecified atom stereocenters. The van der Waals surface area contributed by atoms with E-state index in [0.717, 1.165) is 13.1 Å². The molecule has 136 valence electrons. The smallest absolute Gasteiger partial charge is 0.328 e. The Balaban J connectivity index is 0.000000260. The molecule has 3 rings (SSSR count). The van der Waals surface area contributed by atoms with E-state index in [0.29, 0.717) is 18.2 Å². The summed E-state index contributed by atoms with van der Waals surface area (Å²) in [5.41, 5.74) is 4.40. The summed E-state index contributed by atoms with van der Waals surface area (Å²) in [6.45, 7) is 4.52. The van der Waals surface area contributed by atoms with Crippen molar-refractivity contribution in [3.8, 4) is 0 Å². The van der Waals surface area contributed by atoms with E-state index in [4.69, 9.17) is 10.2 Å². The molecule has 0 radical (unpaired) electrons. The van der Waals surface area contributed by atoms with Crippen molar-refractivity contribution in [2.24, 2.45) is 0 Å². The summed E-state index contributed by atoms with van der Waals surface area (Å²) in [4.78, 5) is 21.7. The lowest BCUT2D eigenvalue weighted by Crippen LogP contribution is -2.35. The maximum absolute atomic E-state index is 9.55. The minimum absolute atomic E-state index is 0.432. The van der Waals surface area contributed by atoms with Crippen LogP contribution in [0.25, 0.3) is 0 Å². The Hall–Kier alpha value is -2.92. The van der Waals surface area contributed by atoms with Crippen LogP contribution >= 0.6 is 0 Å². The summed E-state index contributed by atoms with van der Waals surface area (Å²) >= 11 is 0. The number of rotatable bonds is 4. The normalized spacial score (nSPS) is 16.4. The standard InChI is InChI=1S/C17H19N.C4H4O4/c1-2-18-13-12-14-8-6-7-11-16(14)17(18)15-9-4-3-5-10-15;5-3(6)1-2-4(7)8/h3-11,17H,2,12-13H2,1H3;1-2H,(H,5,6)(H,7,8)/b;2-1-. The third kappa shape index (κ3) is 5.29. The molecule has 0 amide bonds. The second-order valence-electron chi connectivity index (χ2n) is 5.90. The van der Waals surface area contributed by atoms with E-state index in [1.807, 2.05) is 0 Å². The summed E-state index contributed by atoms with van der Waals surface area (Å²) in [6.07, 6.45) is 2.29. The number of carbonyl (C=O) groups is 2. The molecule has 26 heavy (non-hydrogen) atoms. The molecular weight excluding hydrogens is 330 g/mol. The second-order valence-corrected chi connectivity index (χ2v) is 5.90. The van der Waals surface area contributed by atoms with E-state index in [1.54, 1.807) is 0 Å². The molecule has 5 nitrogen and oxygen atoms in total. The van der Waals surface area contributed by atoms with Gasteiger partial charge in [0, 0.05) is 18.7 Å². The zero-order valence-corrected chi connectivity index (χ0v) is 14.7. The predicted molar refractivity (Wildman–Crippen MR) is 100 cm³/mol. The third-order valence-electron chi connectivity index (χ3n) is 4.27. The Labute approximate surface area is 153 Å². The molecule has 1 heterocycles. The largest absolute Gasteiger partial charge is 0.478 e. The number of likely N-dealkylation sites (N-methyl/N-ethyl adjacent to an activating group) is 1. The van der Waals surface area contributed by atoms with Crippen LogP contribution < -0.4 is 0 Å². The highest BCUT2D eigenvalue weighted by atomic mass is 16.4. The van der Waals surface area contributed by atoms with Crippen LogP contribution in [-0.4, -0.2) is 40.1 Å². The lowest BCUT2D eigenvalue weighted by Gasteiger charge is -2.37. The molecular formula is C21H23NO4. The van der Waals surface area contributed by atoms with E-state index in [1.165, 1.54) is 23.1 Å². The number of carboxylic acids is 2. The van der Waals surface area contributed by atoms with Gasteiger partial charge in [0.2, 0.25) is 0 Å². The van der Waals surface area contributed by atoms with Crippen LogP contribution in [0, 0.1) is 0 Å². The van der Waals surface area contributed by atoms with Gasteiger partial charge in [-0.3, -0.25) is 4.90 Å². The van der Waals surface area contributed by atoms with Crippen molar-refractivity contribution in [3.05, 3.63) is 83.4 Å². The molecule has 2 N–H and O–H groups in total. The van der Waals surface area contributed by atoms with Crippen LogP contribution in [0.1, 0.15) is 29.7 Å². The molecule has 0 fully saturated rings. The molecule has 5 heteroatoms. The molecule has 0 saturated heterocycles. The average Bonchev–Trinajstić information content (AvgIpc) is 2.66. The number of benzene rings is 2. The van der Waals surface area contributed by atoms with E-state index in [9.17, 15) is 9.59 Å². The number of carboxylic acid groups (broad SMARTS) is 2. The summed E-state index contributed by atoms with van der Waals surface area (Å²) in [5, 5.41) is 15.6. The lowest BCUT2D eigenvalue weighted by atomic mass is 9.88. The molecule has 2 aromatic rings. The van der Waals surface area contributed by atoms with Gasteiger partial charge >= 0.3 is 11.9 Å². The minimum atomic E-state index is -1.26.